The molecule has 6 heteroatoms. The highest BCUT2D eigenvalue weighted by Crippen LogP contribution is 2.22. The number of alkyl halides is 2. The fraction of sp³-hybridized carbons (Fsp3) is 0.300. The smallest absolute Gasteiger partial charge is 0.255 e. The number of nitrogens with two attached hydrogens (primary N) is 1. The van der Waals surface area contributed by atoms with Crippen molar-refractivity contribution in [2.75, 3.05) is 18.5 Å². The second-order valence-corrected chi connectivity index (χ2v) is 3.71. The van der Waals surface area contributed by atoms with Gasteiger partial charge in [-0.05, 0) is 12.1 Å². The first-order valence-electron chi connectivity index (χ1n) is 4.51. The van der Waals surface area contributed by atoms with E-state index < -0.39 is 18.8 Å². The molecule has 2 nitrogen and oxygen atoms in total. The Balaban J connectivity index is 3.12. The van der Waals surface area contributed by atoms with Crippen LogP contribution in [0.4, 0.5) is 18.9 Å². The SMILES string of the molecule is CN(CC(F)F)c1cccc(F)c1C(N)=S. The van der Waals surface area contributed by atoms with Crippen molar-refractivity contribution in [2.24, 2.45) is 5.73 Å². The van der Waals surface area contributed by atoms with Gasteiger partial charge in [-0.1, -0.05) is 18.3 Å². The molecule has 0 fully saturated rings. The van der Waals surface area contributed by atoms with Crippen LogP contribution in [0.3, 0.4) is 0 Å². The summed E-state index contributed by atoms with van der Waals surface area (Å²) in [7, 11) is 1.43. The number of thiocarbonyl (C=S) groups is 1. The van der Waals surface area contributed by atoms with Gasteiger partial charge in [-0.15, -0.1) is 0 Å². The summed E-state index contributed by atoms with van der Waals surface area (Å²) >= 11 is 4.69. The van der Waals surface area contributed by atoms with Gasteiger partial charge in [0.25, 0.3) is 6.43 Å². The molecule has 0 unspecified atom stereocenters. The van der Waals surface area contributed by atoms with Gasteiger partial charge in [0.2, 0.25) is 0 Å². The first kappa shape index (κ1) is 12.8. The molecule has 0 atom stereocenters. The van der Waals surface area contributed by atoms with Crippen LogP contribution >= 0.6 is 12.2 Å². The Labute approximate surface area is 96.8 Å². The lowest BCUT2D eigenvalue weighted by Crippen LogP contribution is -2.27. The van der Waals surface area contributed by atoms with Crippen molar-refractivity contribution in [3.05, 3.63) is 29.6 Å². The molecule has 0 amide bonds. The first-order chi connectivity index (χ1) is 7.43. The Kier molecular flexibility index (Phi) is 4.12. The van der Waals surface area contributed by atoms with Gasteiger partial charge in [-0.25, -0.2) is 13.2 Å². The quantitative estimate of drug-likeness (QED) is 0.828. The summed E-state index contributed by atoms with van der Waals surface area (Å²) in [4.78, 5) is 1.08. The van der Waals surface area contributed by atoms with Crippen LogP contribution in [0.5, 0.6) is 0 Å². The van der Waals surface area contributed by atoms with E-state index in [1.807, 2.05) is 0 Å². The van der Waals surface area contributed by atoms with Gasteiger partial charge in [0.15, 0.2) is 0 Å². The molecule has 0 aliphatic rings. The number of hydrogen-bond donors (Lipinski definition) is 1. The third kappa shape index (κ3) is 2.85. The lowest BCUT2D eigenvalue weighted by atomic mass is 10.1. The summed E-state index contributed by atoms with van der Waals surface area (Å²) in [5, 5.41) is 0. The van der Waals surface area contributed by atoms with E-state index in [1.165, 1.54) is 30.1 Å². The first-order valence-corrected chi connectivity index (χ1v) is 4.92. The van der Waals surface area contributed by atoms with Gasteiger partial charge < -0.3 is 10.6 Å². The molecule has 1 aromatic carbocycles. The van der Waals surface area contributed by atoms with Gasteiger partial charge in [-0.2, -0.15) is 0 Å². The van der Waals surface area contributed by atoms with Crippen molar-refractivity contribution in [1.29, 1.82) is 0 Å². The number of halogens is 3. The molecule has 0 heterocycles. The molecule has 0 saturated heterocycles. The van der Waals surface area contributed by atoms with Gasteiger partial charge >= 0.3 is 0 Å². The lowest BCUT2D eigenvalue weighted by Gasteiger charge is -2.21. The molecule has 0 saturated carbocycles. The molecule has 0 aliphatic carbocycles. The van der Waals surface area contributed by atoms with Crippen LogP contribution in [-0.2, 0) is 0 Å². The Bertz CT molecular complexity index is 396. The number of hydrogen-bond acceptors (Lipinski definition) is 2. The largest absolute Gasteiger partial charge is 0.389 e. The van der Waals surface area contributed by atoms with Crippen LogP contribution in [0.2, 0.25) is 0 Å². The third-order valence-electron chi connectivity index (χ3n) is 2.06. The van der Waals surface area contributed by atoms with Crippen LogP contribution in [0, 0.1) is 5.82 Å². The van der Waals surface area contributed by atoms with Crippen LogP contribution in [-0.4, -0.2) is 25.0 Å². The second-order valence-electron chi connectivity index (χ2n) is 3.27. The highest BCUT2D eigenvalue weighted by atomic mass is 32.1. The van der Waals surface area contributed by atoms with Crippen molar-refractivity contribution < 1.29 is 13.2 Å². The maximum atomic E-state index is 13.4. The van der Waals surface area contributed by atoms with Crippen molar-refractivity contribution in [1.82, 2.24) is 0 Å². The Morgan fingerprint density at radius 1 is 1.50 bits per heavy atom. The van der Waals surface area contributed by atoms with Gasteiger partial charge in [-0.3, -0.25) is 0 Å². The van der Waals surface area contributed by atoms with Crippen molar-refractivity contribution in [3.8, 4) is 0 Å². The van der Waals surface area contributed by atoms with Crippen LogP contribution in [0.15, 0.2) is 18.2 Å². The fourth-order valence-electron chi connectivity index (χ4n) is 1.38. The molecule has 0 bridgehead atoms. The molecule has 0 radical (unpaired) electrons. The van der Waals surface area contributed by atoms with E-state index in [2.05, 4.69) is 0 Å². The van der Waals surface area contributed by atoms with Gasteiger partial charge in [0, 0.05) is 12.7 Å². The van der Waals surface area contributed by atoms with Crippen molar-refractivity contribution >= 4 is 22.9 Å². The molecule has 0 aromatic heterocycles. The minimum absolute atomic E-state index is 0.000602. The topological polar surface area (TPSA) is 29.3 Å². The van der Waals surface area contributed by atoms with Gasteiger partial charge in [0.1, 0.15) is 10.8 Å². The van der Waals surface area contributed by atoms with Crippen LogP contribution in [0.25, 0.3) is 0 Å². The third-order valence-corrected chi connectivity index (χ3v) is 2.27. The van der Waals surface area contributed by atoms with E-state index in [-0.39, 0.29) is 16.2 Å². The van der Waals surface area contributed by atoms with Crippen LogP contribution < -0.4 is 10.6 Å². The molecule has 1 rings (SSSR count). The summed E-state index contributed by atoms with van der Waals surface area (Å²) in [5.74, 6) is -0.605. The van der Waals surface area contributed by atoms with E-state index in [0.29, 0.717) is 0 Å². The van der Waals surface area contributed by atoms with E-state index in [1.54, 1.807) is 0 Å². The second kappa shape index (κ2) is 5.16. The number of nitrogens with zero attached hydrogens (tertiary/aromatic N) is 1. The van der Waals surface area contributed by atoms with E-state index >= 15 is 0 Å². The standard InChI is InChI=1S/C10H11F3N2S/c1-15(5-8(12)13)7-4-2-3-6(11)9(7)10(14)16/h2-4,8H,5H2,1H3,(H2,14,16). The van der Waals surface area contributed by atoms with Crippen LogP contribution in [0.1, 0.15) is 5.56 Å². The predicted octanol–water partition coefficient (Wildman–Crippen LogP) is 2.16. The van der Waals surface area contributed by atoms with E-state index in [0.717, 1.165) is 0 Å². The highest BCUT2D eigenvalue weighted by Gasteiger charge is 2.16. The monoisotopic (exact) mass is 248 g/mol. The molecular weight excluding hydrogens is 237 g/mol. The molecule has 16 heavy (non-hydrogen) atoms. The number of rotatable bonds is 4. The van der Waals surface area contributed by atoms with Crippen molar-refractivity contribution in [2.45, 2.75) is 6.43 Å². The zero-order valence-electron chi connectivity index (χ0n) is 8.58. The normalized spacial score (nSPS) is 10.6. The Morgan fingerprint density at radius 3 is 2.62 bits per heavy atom. The fourth-order valence-corrected chi connectivity index (χ4v) is 1.58. The zero-order valence-corrected chi connectivity index (χ0v) is 9.40. The number of benzene rings is 1. The summed E-state index contributed by atoms with van der Waals surface area (Å²) in [6.07, 6.45) is -2.51. The predicted molar refractivity (Wildman–Crippen MR) is 61.6 cm³/mol. The minimum atomic E-state index is -2.51. The number of anilines is 1. The lowest BCUT2D eigenvalue weighted by molar-refractivity contribution is 0.156. The molecule has 2 N–H and O–H groups in total. The maximum Gasteiger partial charge on any atom is 0.255 e. The molecule has 1 aromatic rings. The summed E-state index contributed by atoms with van der Waals surface area (Å²) in [5.41, 5.74) is 5.63. The molecule has 0 aliphatic heterocycles. The molecule has 88 valence electrons. The zero-order chi connectivity index (χ0) is 12.3. The van der Waals surface area contributed by atoms with Crippen molar-refractivity contribution in [3.63, 3.8) is 0 Å². The van der Waals surface area contributed by atoms with Gasteiger partial charge in [0.05, 0.1) is 12.1 Å². The van der Waals surface area contributed by atoms with E-state index in [9.17, 15) is 13.2 Å². The average molecular weight is 248 g/mol. The molecular formula is C10H11F3N2S. The summed E-state index contributed by atoms with van der Waals surface area (Å²) in [6, 6.07) is 4.11. The summed E-state index contributed by atoms with van der Waals surface area (Å²) < 4.78 is 37.8. The minimum Gasteiger partial charge on any atom is -0.389 e. The highest BCUT2D eigenvalue weighted by molar-refractivity contribution is 7.80. The average Bonchev–Trinajstić information content (AvgIpc) is 2.15. The maximum absolute atomic E-state index is 13.4. The molecule has 0 spiro atoms. The summed E-state index contributed by atoms with van der Waals surface area (Å²) in [6.45, 7) is -0.501. The Morgan fingerprint density at radius 2 is 2.12 bits per heavy atom. The van der Waals surface area contributed by atoms with E-state index in [4.69, 9.17) is 18.0 Å². The Hall–Kier alpha value is -1.30.